The first-order valence-corrected chi connectivity index (χ1v) is 17.3. The zero-order chi connectivity index (χ0) is 34.6. The van der Waals surface area contributed by atoms with E-state index in [1.165, 1.54) is 16.3 Å². The molecule has 0 aliphatic carbocycles. The Hall–Kier alpha value is -7.29. The van der Waals surface area contributed by atoms with Crippen LogP contribution in [0.2, 0.25) is 0 Å². The standard InChI is InChI=1S/C47H29N5/c1-48-46-44(31-16-6-2-7-17-31)49-47(32-18-8-3-9-19-32)50-45(46)33-26-27-37-39-29-38-36-24-14-15-25-40(36)51(34-20-10-4-11-21-34)42(38)30-43(39)52(41(37)28-33)35-22-12-5-13-23-35/h2-30H. The van der Waals surface area contributed by atoms with Crippen molar-refractivity contribution in [1.29, 1.82) is 0 Å². The topological polar surface area (TPSA) is 40.0 Å². The molecule has 0 saturated carbocycles. The van der Waals surface area contributed by atoms with Crippen LogP contribution < -0.4 is 0 Å². The molecule has 0 amide bonds. The molecule has 0 saturated heterocycles. The lowest BCUT2D eigenvalue weighted by Gasteiger charge is -2.13. The molecule has 52 heavy (non-hydrogen) atoms. The Morgan fingerprint density at radius 3 is 1.48 bits per heavy atom. The second-order valence-corrected chi connectivity index (χ2v) is 12.9. The molecule has 3 heterocycles. The fraction of sp³-hybridized carbons (Fsp3) is 0. The highest BCUT2D eigenvalue weighted by Gasteiger charge is 2.22. The summed E-state index contributed by atoms with van der Waals surface area (Å²) >= 11 is 0. The number of fused-ring (bicyclic) bond motifs is 6. The Bertz CT molecular complexity index is 2990. The average Bonchev–Trinajstić information content (AvgIpc) is 3.72. The van der Waals surface area contributed by atoms with Crippen molar-refractivity contribution in [3.63, 3.8) is 0 Å². The predicted molar refractivity (Wildman–Crippen MR) is 213 cm³/mol. The molecular formula is C47H29N5. The normalized spacial score (nSPS) is 11.4. The molecule has 0 aliphatic heterocycles. The maximum absolute atomic E-state index is 8.39. The molecule has 5 heteroatoms. The number of aromatic nitrogens is 4. The molecule has 0 N–H and O–H groups in total. The molecule has 0 atom stereocenters. The van der Waals surface area contributed by atoms with Gasteiger partial charge in [-0.05, 0) is 59.7 Å². The van der Waals surface area contributed by atoms with E-state index in [2.05, 4.69) is 123 Å². The minimum Gasteiger partial charge on any atom is -0.309 e. The molecule has 10 rings (SSSR count). The van der Waals surface area contributed by atoms with E-state index in [4.69, 9.17) is 16.5 Å². The van der Waals surface area contributed by atoms with Gasteiger partial charge >= 0.3 is 0 Å². The summed E-state index contributed by atoms with van der Waals surface area (Å²) in [5, 5.41) is 4.71. The van der Waals surface area contributed by atoms with E-state index < -0.39 is 0 Å². The van der Waals surface area contributed by atoms with Crippen molar-refractivity contribution in [3.05, 3.63) is 187 Å². The van der Waals surface area contributed by atoms with E-state index in [0.29, 0.717) is 22.9 Å². The van der Waals surface area contributed by atoms with Gasteiger partial charge in [-0.1, -0.05) is 127 Å². The van der Waals surface area contributed by atoms with Crippen LogP contribution in [0.4, 0.5) is 5.69 Å². The number of nitrogens with zero attached hydrogens (tertiary/aromatic N) is 5. The van der Waals surface area contributed by atoms with E-state index in [1.54, 1.807) is 0 Å². The molecule has 5 nitrogen and oxygen atoms in total. The van der Waals surface area contributed by atoms with Crippen molar-refractivity contribution >= 4 is 49.3 Å². The molecule has 242 valence electrons. The van der Waals surface area contributed by atoms with Crippen molar-refractivity contribution < 1.29 is 0 Å². The maximum Gasteiger partial charge on any atom is 0.238 e. The SMILES string of the molecule is [C-]#[N+]c1c(-c2ccccc2)nc(-c2ccccc2)nc1-c1ccc2c3cc4c5ccccc5n(-c5ccccc5)c4cc3n(-c3ccccc3)c2c1. The van der Waals surface area contributed by atoms with Crippen LogP contribution in [0, 0.1) is 6.57 Å². The van der Waals surface area contributed by atoms with E-state index >= 15 is 0 Å². The molecule has 0 fully saturated rings. The molecule has 0 unspecified atom stereocenters. The first kappa shape index (κ1) is 29.6. The number of para-hydroxylation sites is 3. The van der Waals surface area contributed by atoms with E-state index in [1.807, 2.05) is 66.7 Å². The van der Waals surface area contributed by atoms with Crippen LogP contribution in [0.25, 0.3) is 93.7 Å². The third-order valence-electron chi connectivity index (χ3n) is 9.94. The minimum absolute atomic E-state index is 0.432. The largest absolute Gasteiger partial charge is 0.309 e. The summed E-state index contributed by atoms with van der Waals surface area (Å²) in [6.07, 6.45) is 0. The van der Waals surface area contributed by atoms with Crippen LogP contribution in [0.1, 0.15) is 0 Å². The zero-order valence-electron chi connectivity index (χ0n) is 28.0. The summed E-state index contributed by atoms with van der Waals surface area (Å²) < 4.78 is 4.71. The summed E-state index contributed by atoms with van der Waals surface area (Å²) in [5.41, 5.74) is 11.0. The van der Waals surface area contributed by atoms with Crippen molar-refractivity contribution in [2.45, 2.75) is 0 Å². The second-order valence-electron chi connectivity index (χ2n) is 12.9. The Kier molecular flexibility index (Phi) is 6.80. The Labute approximate surface area is 300 Å². The first-order valence-electron chi connectivity index (χ1n) is 17.3. The molecule has 3 aromatic heterocycles. The van der Waals surface area contributed by atoms with Crippen molar-refractivity contribution in [2.24, 2.45) is 0 Å². The van der Waals surface area contributed by atoms with Gasteiger partial charge in [0, 0.05) is 38.5 Å². The molecule has 0 aliphatic rings. The lowest BCUT2D eigenvalue weighted by Crippen LogP contribution is -1.98. The summed E-state index contributed by atoms with van der Waals surface area (Å²) in [6.45, 7) is 8.39. The predicted octanol–water partition coefficient (Wildman–Crippen LogP) is 12.2. The van der Waals surface area contributed by atoms with Crippen molar-refractivity contribution in [1.82, 2.24) is 19.1 Å². The molecule has 0 spiro atoms. The number of hydrogen-bond donors (Lipinski definition) is 0. The maximum atomic E-state index is 8.39. The first-order chi connectivity index (χ1) is 25.8. The quantitative estimate of drug-likeness (QED) is 0.172. The summed E-state index contributed by atoms with van der Waals surface area (Å²) in [7, 11) is 0. The second kappa shape index (κ2) is 11.9. The van der Waals surface area contributed by atoms with Gasteiger partial charge in [0.25, 0.3) is 0 Å². The third kappa shape index (κ3) is 4.63. The zero-order valence-corrected chi connectivity index (χ0v) is 28.0. The lowest BCUT2D eigenvalue weighted by atomic mass is 10.0. The van der Waals surface area contributed by atoms with Crippen LogP contribution in [0.3, 0.4) is 0 Å². The van der Waals surface area contributed by atoms with Gasteiger partial charge in [0.15, 0.2) is 5.82 Å². The van der Waals surface area contributed by atoms with Crippen LogP contribution in [0.5, 0.6) is 0 Å². The highest BCUT2D eigenvalue weighted by atomic mass is 15.0. The Morgan fingerprint density at radius 1 is 0.385 bits per heavy atom. The van der Waals surface area contributed by atoms with Crippen LogP contribution >= 0.6 is 0 Å². The molecule has 10 aromatic rings. The Balaban J connectivity index is 1.29. The lowest BCUT2D eigenvalue weighted by molar-refractivity contribution is 1.16. The van der Waals surface area contributed by atoms with Gasteiger partial charge in [-0.15, -0.1) is 0 Å². The van der Waals surface area contributed by atoms with Crippen molar-refractivity contribution in [3.8, 4) is 45.3 Å². The van der Waals surface area contributed by atoms with Gasteiger partial charge in [-0.3, -0.25) is 0 Å². The van der Waals surface area contributed by atoms with E-state index in [0.717, 1.165) is 55.4 Å². The minimum atomic E-state index is 0.432. The smallest absolute Gasteiger partial charge is 0.238 e. The molecule has 0 radical (unpaired) electrons. The summed E-state index contributed by atoms with van der Waals surface area (Å²) in [4.78, 5) is 14.2. The fourth-order valence-electron chi connectivity index (χ4n) is 7.61. The molecule has 7 aromatic carbocycles. The summed E-state index contributed by atoms with van der Waals surface area (Å²) in [5.74, 6) is 0.585. The van der Waals surface area contributed by atoms with E-state index in [9.17, 15) is 0 Å². The van der Waals surface area contributed by atoms with Gasteiger partial charge in [-0.25, -0.2) is 14.8 Å². The number of benzene rings is 7. The van der Waals surface area contributed by atoms with Gasteiger partial charge in [0.1, 0.15) is 0 Å². The third-order valence-corrected chi connectivity index (χ3v) is 9.94. The summed E-state index contributed by atoms with van der Waals surface area (Å²) in [6, 6.07) is 60.8. The molecule has 0 bridgehead atoms. The monoisotopic (exact) mass is 663 g/mol. The van der Waals surface area contributed by atoms with Gasteiger partial charge in [0.2, 0.25) is 5.69 Å². The molecular weight excluding hydrogens is 635 g/mol. The van der Waals surface area contributed by atoms with Gasteiger partial charge in [-0.2, -0.15) is 0 Å². The highest BCUT2D eigenvalue weighted by Crippen LogP contribution is 2.43. The van der Waals surface area contributed by atoms with Gasteiger partial charge in [0.05, 0.1) is 40.0 Å². The van der Waals surface area contributed by atoms with Crippen LogP contribution in [0.15, 0.2) is 176 Å². The number of rotatable bonds is 5. The average molecular weight is 664 g/mol. The van der Waals surface area contributed by atoms with Crippen LogP contribution in [-0.2, 0) is 0 Å². The van der Waals surface area contributed by atoms with E-state index in [-0.39, 0.29) is 0 Å². The van der Waals surface area contributed by atoms with Crippen LogP contribution in [-0.4, -0.2) is 19.1 Å². The fourth-order valence-corrected chi connectivity index (χ4v) is 7.61. The highest BCUT2D eigenvalue weighted by molar-refractivity contribution is 6.19. The Morgan fingerprint density at radius 2 is 0.865 bits per heavy atom. The number of hydrogen-bond acceptors (Lipinski definition) is 2. The van der Waals surface area contributed by atoms with Crippen molar-refractivity contribution in [2.75, 3.05) is 0 Å². The van der Waals surface area contributed by atoms with Gasteiger partial charge < -0.3 is 9.13 Å².